The molecule has 8 nitrogen and oxygen atoms in total. The Hall–Kier alpha value is -2.03. The number of hydrogen-bond acceptors (Lipinski definition) is 5. The minimum atomic E-state index is -0.588. The van der Waals surface area contributed by atoms with Crippen LogP contribution in [0.5, 0.6) is 0 Å². The molecule has 1 aromatic rings. The van der Waals surface area contributed by atoms with Gasteiger partial charge in [-0.1, -0.05) is 11.6 Å². The molecule has 2 bridgehead atoms. The maximum absolute atomic E-state index is 13.3. The number of rotatable bonds is 1. The molecule has 0 aliphatic carbocycles. The van der Waals surface area contributed by atoms with Gasteiger partial charge < -0.3 is 24.0 Å². The van der Waals surface area contributed by atoms with Crippen LogP contribution in [0.3, 0.4) is 0 Å². The van der Waals surface area contributed by atoms with Gasteiger partial charge in [0.05, 0.1) is 38.0 Å². The summed E-state index contributed by atoms with van der Waals surface area (Å²) in [5.74, 6) is 0. The summed E-state index contributed by atoms with van der Waals surface area (Å²) >= 11 is 6.50. The first-order valence-electron chi connectivity index (χ1n) is 11.8. The summed E-state index contributed by atoms with van der Waals surface area (Å²) in [7, 11) is 0. The largest absolute Gasteiger partial charge is 0.444 e. The number of nitrogens with zero attached hydrogens (tertiary/aromatic N) is 3. The van der Waals surface area contributed by atoms with Gasteiger partial charge in [-0.25, -0.2) is 9.59 Å². The fraction of sp³-hybridized carbons (Fsp3) is 0.667. The van der Waals surface area contributed by atoms with Gasteiger partial charge in [0.2, 0.25) is 0 Å². The van der Waals surface area contributed by atoms with Crippen LogP contribution < -0.4 is 0 Å². The average Bonchev–Trinajstić information content (AvgIpc) is 3.40. The lowest BCUT2D eigenvalue weighted by molar-refractivity contribution is -0.0334. The highest BCUT2D eigenvalue weighted by Gasteiger charge is 2.43. The molecule has 0 aromatic heterocycles. The topological polar surface area (TPSA) is 71.5 Å². The van der Waals surface area contributed by atoms with Crippen molar-refractivity contribution >= 4 is 23.7 Å². The van der Waals surface area contributed by atoms with Crippen LogP contribution in [0.1, 0.15) is 49.9 Å². The molecule has 33 heavy (non-hydrogen) atoms. The molecule has 180 valence electrons. The highest BCUT2D eigenvalue weighted by atomic mass is 35.5. The van der Waals surface area contributed by atoms with Crippen molar-refractivity contribution in [3.63, 3.8) is 0 Å². The highest BCUT2D eigenvalue weighted by molar-refractivity contribution is 6.30. The molecule has 3 saturated heterocycles. The zero-order valence-electron chi connectivity index (χ0n) is 19.5. The van der Waals surface area contributed by atoms with Crippen molar-refractivity contribution < 1.29 is 23.8 Å². The first-order valence-corrected chi connectivity index (χ1v) is 12.1. The van der Waals surface area contributed by atoms with Gasteiger partial charge in [0, 0.05) is 31.2 Å². The first kappa shape index (κ1) is 22.7. The summed E-state index contributed by atoms with van der Waals surface area (Å²) in [5, 5.41) is 0.632. The number of carbonyl (C=O) groups is 2. The number of carbonyl (C=O) groups excluding carboxylic acids is 2. The molecule has 3 amide bonds. The van der Waals surface area contributed by atoms with Crippen LogP contribution in [-0.2, 0) is 27.2 Å². The SMILES string of the molecule is CC(C)(C)OC(=O)N1CCOCC1c1cc(Cl)cc2c1CN(C(=O)N1C[C@H]3C[C@@H]1CO3)CC2. The van der Waals surface area contributed by atoms with Crippen LogP contribution in [0.15, 0.2) is 12.1 Å². The van der Waals surface area contributed by atoms with E-state index in [1.54, 1.807) is 4.90 Å². The highest BCUT2D eigenvalue weighted by Crippen LogP contribution is 2.36. The van der Waals surface area contributed by atoms with E-state index < -0.39 is 5.60 Å². The van der Waals surface area contributed by atoms with E-state index in [2.05, 4.69) is 0 Å². The maximum atomic E-state index is 13.3. The van der Waals surface area contributed by atoms with Crippen molar-refractivity contribution in [1.29, 1.82) is 0 Å². The van der Waals surface area contributed by atoms with Gasteiger partial charge >= 0.3 is 12.1 Å². The second kappa shape index (κ2) is 8.64. The molecule has 4 heterocycles. The Bertz CT molecular complexity index is 949. The number of amides is 3. The number of hydrogen-bond donors (Lipinski definition) is 0. The molecular formula is C24H32ClN3O5. The first-order chi connectivity index (χ1) is 15.7. The third-order valence-electron chi connectivity index (χ3n) is 6.87. The molecule has 9 heteroatoms. The molecule has 0 radical (unpaired) electrons. The average molecular weight is 478 g/mol. The quantitative estimate of drug-likeness (QED) is 0.618. The summed E-state index contributed by atoms with van der Waals surface area (Å²) < 4.78 is 17.1. The minimum Gasteiger partial charge on any atom is -0.444 e. The smallest absolute Gasteiger partial charge is 0.410 e. The molecule has 0 N–H and O–H groups in total. The monoisotopic (exact) mass is 477 g/mol. The number of benzene rings is 1. The van der Waals surface area contributed by atoms with Crippen molar-refractivity contribution in [3.05, 3.63) is 33.8 Å². The molecule has 3 atom stereocenters. The second-order valence-corrected chi connectivity index (χ2v) is 10.8. The van der Waals surface area contributed by atoms with Gasteiger partial charge in [-0.2, -0.15) is 0 Å². The van der Waals surface area contributed by atoms with Gasteiger partial charge in [-0.05, 0) is 62.4 Å². The standard InChI is InChI=1S/C24H32ClN3O5/c1-24(2,3)33-23(30)27-6-7-31-14-21(27)19-9-16(25)8-15-4-5-26(12-20(15)19)22(29)28-11-18-10-17(28)13-32-18/h8-9,17-18,21H,4-7,10-14H2,1-3H3/t17-,18-,21?/m1/s1. The number of halogens is 1. The van der Waals surface area contributed by atoms with E-state index in [0.29, 0.717) is 51.0 Å². The molecule has 1 aromatic carbocycles. The number of ether oxygens (including phenoxy) is 3. The molecule has 0 saturated carbocycles. The lowest BCUT2D eigenvalue weighted by Crippen LogP contribution is -2.50. The lowest BCUT2D eigenvalue weighted by atomic mass is 9.90. The second-order valence-electron chi connectivity index (χ2n) is 10.3. The lowest BCUT2D eigenvalue weighted by Gasteiger charge is -2.40. The fourth-order valence-corrected chi connectivity index (χ4v) is 5.58. The molecule has 5 rings (SSSR count). The van der Waals surface area contributed by atoms with Crippen LogP contribution in [0.4, 0.5) is 9.59 Å². The molecule has 3 fully saturated rings. The number of morpholine rings is 2. The Morgan fingerprint density at radius 3 is 2.67 bits per heavy atom. The van der Waals surface area contributed by atoms with Gasteiger partial charge in [-0.3, -0.25) is 4.90 Å². The summed E-state index contributed by atoms with van der Waals surface area (Å²) in [6, 6.07) is 3.84. The predicted molar refractivity (Wildman–Crippen MR) is 122 cm³/mol. The van der Waals surface area contributed by atoms with E-state index in [1.807, 2.05) is 42.7 Å². The third kappa shape index (κ3) is 4.53. The van der Waals surface area contributed by atoms with E-state index in [-0.39, 0.29) is 30.3 Å². The van der Waals surface area contributed by atoms with E-state index in [0.717, 1.165) is 29.5 Å². The third-order valence-corrected chi connectivity index (χ3v) is 7.09. The van der Waals surface area contributed by atoms with Crippen molar-refractivity contribution in [3.8, 4) is 0 Å². The molecular weight excluding hydrogens is 446 g/mol. The Morgan fingerprint density at radius 2 is 1.97 bits per heavy atom. The van der Waals surface area contributed by atoms with E-state index in [1.165, 1.54) is 0 Å². The fourth-order valence-electron chi connectivity index (χ4n) is 5.33. The normalized spacial score (nSPS) is 27.0. The number of fused-ring (bicyclic) bond motifs is 3. The Kier molecular flexibility index (Phi) is 5.95. The Labute approximate surface area is 199 Å². The van der Waals surface area contributed by atoms with Crippen molar-refractivity contribution in [1.82, 2.24) is 14.7 Å². The maximum Gasteiger partial charge on any atom is 0.410 e. The molecule has 1 unspecified atom stereocenters. The number of urea groups is 1. The predicted octanol–water partition coefficient (Wildman–Crippen LogP) is 3.60. The zero-order chi connectivity index (χ0) is 23.3. The van der Waals surface area contributed by atoms with E-state index >= 15 is 0 Å². The van der Waals surface area contributed by atoms with Crippen molar-refractivity contribution in [2.24, 2.45) is 0 Å². The summed E-state index contributed by atoms with van der Waals surface area (Å²) in [5.41, 5.74) is 2.54. The van der Waals surface area contributed by atoms with Crippen LogP contribution in [0, 0.1) is 0 Å². The van der Waals surface area contributed by atoms with E-state index in [9.17, 15) is 9.59 Å². The Morgan fingerprint density at radius 1 is 1.15 bits per heavy atom. The molecule has 0 spiro atoms. The zero-order valence-corrected chi connectivity index (χ0v) is 20.3. The van der Waals surface area contributed by atoms with Gasteiger partial charge in [0.25, 0.3) is 0 Å². The van der Waals surface area contributed by atoms with Crippen LogP contribution in [0.25, 0.3) is 0 Å². The van der Waals surface area contributed by atoms with Gasteiger partial charge in [0.1, 0.15) is 5.60 Å². The van der Waals surface area contributed by atoms with Crippen LogP contribution >= 0.6 is 11.6 Å². The van der Waals surface area contributed by atoms with Crippen LogP contribution in [0.2, 0.25) is 5.02 Å². The summed E-state index contributed by atoms with van der Waals surface area (Å²) in [6.45, 7) is 9.31. The summed E-state index contributed by atoms with van der Waals surface area (Å²) in [6.07, 6.45) is 1.47. The van der Waals surface area contributed by atoms with Gasteiger partial charge in [-0.15, -0.1) is 0 Å². The van der Waals surface area contributed by atoms with Gasteiger partial charge in [0.15, 0.2) is 0 Å². The molecule has 4 aliphatic heterocycles. The van der Waals surface area contributed by atoms with Crippen molar-refractivity contribution in [2.45, 2.75) is 63.9 Å². The van der Waals surface area contributed by atoms with E-state index in [4.69, 9.17) is 25.8 Å². The molecule has 4 aliphatic rings. The van der Waals surface area contributed by atoms with Crippen LogP contribution in [-0.4, -0.2) is 84.0 Å². The summed E-state index contributed by atoms with van der Waals surface area (Å²) in [4.78, 5) is 32.0. The minimum absolute atomic E-state index is 0.0706. The van der Waals surface area contributed by atoms with Crippen molar-refractivity contribution in [2.75, 3.05) is 39.5 Å². The number of likely N-dealkylation sites (tertiary alicyclic amines) is 1. The Balaban J connectivity index is 1.41.